The Bertz CT molecular complexity index is 1520. The van der Waals surface area contributed by atoms with Crippen molar-refractivity contribution >= 4 is 50.1 Å². The Labute approximate surface area is 243 Å². The molecule has 0 spiro atoms. The number of hydrogen-bond donors (Lipinski definition) is 1. The fourth-order valence-electron chi connectivity index (χ4n) is 6.37. The van der Waals surface area contributed by atoms with Crippen LogP contribution in [0.15, 0.2) is 22.8 Å². The van der Waals surface area contributed by atoms with Gasteiger partial charge in [-0.2, -0.15) is 15.2 Å². The highest BCUT2D eigenvalue weighted by Crippen LogP contribution is 2.49. The lowest BCUT2D eigenvalue weighted by atomic mass is 9.95. The monoisotopic (exact) mass is 633 g/mol. The quantitative estimate of drug-likeness (QED) is 0.358. The Hall–Kier alpha value is -3.01. The van der Waals surface area contributed by atoms with Crippen LogP contribution in [0, 0.1) is 17.1 Å². The maximum Gasteiger partial charge on any atom is 0.319 e. The molecule has 6 rings (SSSR count). The van der Waals surface area contributed by atoms with E-state index >= 15 is 4.39 Å². The zero-order valence-corrected chi connectivity index (χ0v) is 24.1. The predicted octanol–water partition coefficient (Wildman–Crippen LogP) is 5.36. The van der Waals surface area contributed by atoms with E-state index in [-0.39, 0.29) is 51.8 Å². The third kappa shape index (κ3) is 4.39. The molecule has 2 fully saturated rings. The van der Waals surface area contributed by atoms with Crippen LogP contribution >= 0.6 is 27.5 Å². The number of nitriles is 1. The zero-order valence-electron chi connectivity index (χ0n) is 21.7. The predicted molar refractivity (Wildman–Crippen MR) is 150 cm³/mol. The molecule has 210 valence electrons. The molecular formula is C27H27BrClF2N7O2. The summed E-state index contributed by atoms with van der Waals surface area (Å²) in [5, 5.41) is 10.0. The Kier molecular flexibility index (Phi) is 7.09. The number of alkyl halides is 1. The molecule has 1 unspecified atom stereocenters. The first kappa shape index (κ1) is 27.2. The number of pyridine rings is 1. The average Bonchev–Trinajstić information content (AvgIpc) is 3.40. The second-order valence-electron chi connectivity index (χ2n) is 10.6. The molecule has 9 nitrogen and oxygen atoms in total. The summed E-state index contributed by atoms with van der Waals surface area (Å²) in [5.41, 5.74) is 6.45. The first-order valence-electron chi connectivity index (χ1n) is 13.1. The number of nitrogens with two attached hydrogens (primary N) is 1. The lowest BCUT2D eigenvalue weighted by Gasteiger charge is -2.36. The molecule has 0 amide bonds. The summed E-state index contributed by atoms with van der Waals surface area (Å²) in [5.74, 6) is 0.131. The minimum atomic E-state index is -0.922. The van der Waals surface area contributed by atoms with Crippen LogP contribution in [-0.4, -0.2) is 63.9 Å². The van der Waals surface area contributed by atoms with Crippen molar-refractivity contribution in [2.24, 2.45) is 0 Å². The zero-order chi connectivity index (χ0) is 28.2. The number of benzene rings is 1. The topological polar surface area (TPSA) is 113 Å². The van der Waals surface area contributed by atoms with Gasteiger partial charge in [-0.1, -0.05) is 17.7 Å². The number of aromatic nitrogens is 3. The van der Waals surface area contributed by atoms with E-state index in [1.807, 2.05) is 17.9 Å². The van der Waals surface area contributed by atoms with Gasteiger partial charge in [-0.15, -0.1) is 0 Å². The van der Waals surface area contributed by atoms with Gasteiger partial charge in [0.15, 0.2) is 11.6 Å². The molecule has 5 heterocycles. The minimum absolute atomic E-state index is 0.00118. The van der Waals surface area contributed by atoms with Crippen LogP contribution in [0.2, 0.25) is 5.02 Å². The molecule has 40 heavy (non-hydrogen) atoms. The molecule has 1 aromatic carbocycles. The van der Waals surface area contributed by atoms with Crippen molar-refractivity contribution in [1.29, 1.82) is 5.26 Å². The van der Waals surface area contributed by atoms with E-state index in [0.29, 0.717) is 30.2 Å². The summed E-state index contributed by atoms with van der Waals surface area (Å²) in [6, 6.07) is 4.84. The number of nitrogens with zero attached hydrogens (tertiary/aromatic N) is 6. The van der Waals surface area contributed by atoms with Crippen molar-refractivity contribution < 1.29 is 18.3 Å². The molecule has 3 aliphatic rings. The fraction of sp³-hybridized carbons (Fsp3) is 0.481. The van der Waals surface area contributed by atoms with Crippen molar-refractivity contribution in [3.63, 3.8) is 0 Å². The van der Waals surface area contributed by atoms with Crippen LogP contribution in [-0.2, 0) is 0 Å². The SMILES string of the molecule is CC(c1cccnc1N)N1c2nc(OC[C@@]34CCCN3C[C@H](F)C4)nc3c(F)c(Br)c(Cl)c(c23)OC[C@@H]1CC#N. The van der Waals surface area contributed by atoms with Gasteiger partial charge in [0.25, 0.3) is 0 Å². The summed E-state index contributed by atoms with van der Waals surface area (Å²) in [6.07, 6.45) is 2.88. The van der Waals surface area contributed by atoms with Crippen LogP contribution in [0.25, 0.3) is 10.9 Å². The van der Waals surface area contributed by atoms with Gasteiger partial charge in [0, 0.05) is 24.7 Å². The maximum atomic E-state index is 15.8. The van der Waals surface area contributed by atoms with E-state index in [9.17, 15) is 9.65 Å². The van der Waals surface area contributed by atoms with Crippen LogP contribution in [0.4, 0.5) is 20.4 Å². The van der Waals surface area contributed by atoms with Gasteiger partial charge in [0.1, 0.15) is 41.6 Å². The number of hydrogen-bond acceptors (Lipinski definition) is 9. The first-order valence-corrected chi connectivity index (χ1v) is 14.3. The van der Waals surface area contributed by atoms with Gasteiger partial charge in [-0.3, -0.25) is 4.90 Å². The molecule has 2 aromatic heterocycles. The molecule has 13 heteroatoms. The Morgan fingerprint density at radius 1 is 1.43 bits per heavy atom. The van der Waals surface area contributed by atoms with Crippen molar-refractivity contribution in [3.8, 4) is 17.8 Å². The van der Waals surface area contributed by atoms with E-state index in [1.54, 1.807) is 12.3 Å². The molecule has 0 bridgehead atoms. The van der Waals surface area contributed by atoms with Crippen molar-refractivity contribution in [1.82, 2.24) is 19.9 Å². The third-order valence-electron chi connectivity index (χ3n) is 8.24. The molecule has 0 aliphatic carbocycles. The molecule has 2 N–H and O–H groups in total. The van der Waals surface area contributed by atoms with E-state index in [2.05, 4.69) is 36.9 Å². The van der Waals surface area contributed by atoms with Crippen molar-refractivity contribution in [2.75, 3.05) is 36.9 Å². The molecule has 4 atom stereocenters. The molecule has 3 aliphatic heterocycles. The lowest BCUT2D eigenvalue weighted by Crippen LogP contribution is -2.43. The molecule has 0 saturated carbocycles. The standard InChI is InChI=1S/C27H27BrClF2N7O2/c1-14(17-4-2-8-34-24(17)33)38-16(5-7-32)12-39-23-18-22(21(31)19(28)20(23)29)35-26(36-25(18)38)40-13-27-6-3-9-37(27)11-15(30)10-27/h2,4,8,14-16H,3,5-6,9-13H2,1H3,(H2,33,34)/t14?,15-,16+,27+/m1/s1. The number of halogens is 4. The highest BCUT2D eigenvalue weighted by Gasteiger charge is 2.49. The number of nitrogen functional groups attached to an aromatic ring is 1. The number of fused-ring (bicyclic) bond motifs is 1. The summed E-state index contributed by atoms with van der Waals surface area (Å²) in [6.45, 7) is 3.34. The second-order valence-corrected chi connectivity index (χ2v) is 11.7. The number of rotatable bonds is 6. The van der Waals surface area contributed by atoms with Crippen LogP contribution in [0.5, 0.6) is 11.8 Å². The molecular weight excluding hydrogens is 608 g/mol. The lowest BCUT2D eigenvalue weighted by molar-refractivity contribution is 0.107. The summed E-state index contributed by atoms with van der Waals surface area (Å²) in [4.78, 5) is 17.4. The van der Waals surface area contributed by atoms with Gasteiger partial charge in [-0.05, 0) is 48.3 Å². The first-order chi connectivity index (χ1) is 19.2. The largest absolute Gasteiger partial charge is 0.489 e. The van der Waals surface area contributed by atoms with E-state index in [0.717, 1.165) is 19.4 Å². The summed E-state index contributed by atoms with van der Waals surface area (Å²) >= 11 is 9.79. The summed E-state index contributed by atoms with van der Waals surface area (Å²) < 4.78 is 42.4. The van der Waals surface area contributed by atoms with Gasteiger partial charge in [-0.25, -0.2) is 13.8 Å². The van der Waals surface area contributed by atoms with Gasteiger partial charge < -0.3 is 20.1 Å². The smallest absolute Gasteiger partial charge is 0.319 e. The molecule has 3 aromatic rings. The second kappa shape index (κ2) is 10.4. The molecule has 2 saturated heterocycles. The van der Waals surface area contributed by atoms with Crippen molar-refractivity contribution in [3.05, 3.63) is 39.2 Å². The van der Waals surface area contributed by atoms with E-state index < -0.39 is 29.6 Å². The van der Waals surface area contributed by atoms with E-state index in [1.165, 1.54) is 0 Å². The highest BCUT2D eigenvalue weighted by molar-refractivity contribution is 9.10. The number of ether oxygens (including phenoxy) is 2. The normalized spacial score (nSPS) is 24.9. The van der Waals surface area contributed by atoms with Gasteiger partial charge in [0.2, 0.25) is 0 Å². The van der Waals surface area contributed by atoms with Crippen LogP contribution in [0.1, 0.15) is 44.2 Å². The van der Waals surface area contributed by atoms with Crippen LogP contribution < -0.4 is 20.1 Å². The Morgan fingerprint density at radius 3 is 3.02 bits per heavy atom. The third-order valence-corrected chi connectivity index (χ3v) is 9.58. The van der Waals surface area contributed by atoms with Crippen molar-refractivity contribution in [2.45, 2.75) is 56.4 Å². The molecule has 0 radical (unpaired) electrons. The number of anilines is 2. The average molecular weight is 635 g/mol. The van der Waals surface area contributed by atoms with Gasteiger partial charge in [0.05, 0.1) is 40.0 Å². The van der Waals surface area contributed by atoms with Gasteiger partial charge >= 0.3 is 6.01 Å². The van der Waals surface area contributed by atoms with E-state index in [4.69, 9.17) is 31.8 Å². The summed E-state index contributed by atoms with van der Waals surface area (Å²) in [7, 11) is 0. The minimum Gasteiger partial charge on any atom is -0.489 e. The van der Waals surface area contributed by atoms with Crippen LogP contribution in [0.3, 0.4) is 0 Å². The Morgan fingerprint density at radius 2 is 2.25 bits per heavy atom. The Balaban J connectivity index is 1.51. The maximum absolute atomic E-state index is 15.8. The highest BCUT2D eigenvalue weighted by atomic mass is 79.9. The fourth-order valence-corrected chi connectivity index (χ4v) is 6.97.